The van der Waals surface area contributed by atoms with Gasteiger partial charge in [-0.05, 0) is 55.7 Å². The highest BCUT2D eigenvalue weighted by Crippen LogP contribution is 2.25. The maximum atomic E-state index is 4.36. The van der Waals surface area contributed by atoms with Crippen molar-refractivity contribution in [2.75, 3.05) is 18.4 Å². The lowest BCUT2D eigenvalue weighted by atomic mass is 9.99. The van der Waals surface area contributed by atoms with Gasteiger partial charge < -0.3 is 10.6 Å². The van der Waals surface area contributed by atoms with Crippen LogP contribution in [0.25, 0.3) is 11.3 Å². The molecule has 0 amide bonds. The smallest absolute Gasteiger partial charge is 0.148 e. The van der Waals surface area contributed by atoms with Crippen molar-refractivity contribution in [3.8, 4) is 11.3 Å². The summed E-state index contributed by atoms with van der Waals surface area (Å²) in [5, 5.41) is 15.2. The molecule has 2 N–H and O–H groups in total. The molecule has 1 fully saturated rings. The zero-order chi connectivity index (χ0) is 14.1. The third kappa shape index (κ3) is 2.51. The summed E-state index contributed by atoms with van der Waals surface area (Å²) in [5.74, 6) is 0.849. The molecule has 1 aromatic carbocycles. The average molecular weight is 268 g/mol. The molecule has 3 rings (SSSR count). The van der Waals surface area contributed by atoms with Gasteiger partial charge in [-0.1, -0.05) is 6.07 Å². The largest absolute Gasteiger partial charge is 0.363 e. The van der Waals surface area contributed by atoms with E-state index in [2.05, 4.69) is 53.7 Å². The van der Waals surface area contributed by atoms with E-state index in [-0.39, 0.29) is 0 Å². The van der Waals surface area contributed by atoms with Gasteiger partial charge in [0.1, 0.15) is 5.82 Å². The topological polar surface area (TPSA) is 49.8 Å². The highest BCUT2D eigenvalue weighted by molar-refractivity contribution is 5.65. The number of aromatic nitrogens is 2. The van der Waals surface area contributed by atoms with E-state index in [1.165, 1.54) is 16.7 Å². The molecular formula is C16H20N4. The second kappa shape index (κ2) is 5.21. The first kappa shape index (κ1) is 13.1. The number of hydrogen-bond donors (Lipinski definition) is 2. The van der Waals surface area contributed by atoms with E-state index in [4.69, 9.17) is 0 Å². The number of anilines is 1. The Balaban J connectivity index is 1.85. The molecule has 0 saturated carbocycles. The molecular weight excluding hydrogens is 248 g/mol. The SMILES string of the molecule is Cc1cc(C)c(-c2ccc(NC3CNC3)nn2)cc1C. The summed E-state index contributed by atoms with van der Waals surface area (Å²) < 4.78 is 0. The lowest BCUT2D eigenvalue weighted by Crippen LogP contribution is -2.51. The Kier molecular flexibility index (Phi) is 3.40. The Hall–Kier alpha value is -1.94. The van der Waals surface area contributed by atoms with Gasteiger partial charge in [0.05, 0.1) is 11.7 Å². The van der Waals surface area contributed by atoms with Gasteiger partial charge in [0.2, 0.25) is 0 Å². The first-order chi connectivity index (χ1) is 9.63. The van der Waals surface area contributed by atoms with Crippen LogP contribution in [0.5, 0.6) is 0 Å². The van der Waals surface area contributed by atoms with Crippen LogP contribution in [0, 0.1) is 20.8 Å². The van der Waals surface area contributed by atoms with Gasteiger partial charge in [0.15, 0.2) is 0 Å². The van der Waals surface area contributed by atoms with E-state index in [1.807, 2.05) is 12.1 Å². The van der Waals surface area contributed by atoms with Gasteiger partial charge in [0.25, 0.3) is 0 Å². The van der Waals surface area contributed by atoms with E-state index in [0.717, 1.165) is 30.2 Å². The summed E-state index contributed by atoms with van der Waals surface area (Å²) in [7, 11) is 0. The zero-order valence-electron chi connectivity index (χ0n) is 12.2. The molecule has 0 atom stereocenters. The maximum absolute atomic E-state index is 4.36. The number of aryl methyl sites for hydroxylation is 3. The standard InChI is InChI=1S/C16H20N4/c1-10-6-12(3)14(7-11(10)2)15-4-5-16(20-19-15)18-13-8-17-9-13/h4-7,13,17H,8-9H2,1-3H3,(H,18,20). The number of rotatable bonds is 3. The van der Waals surface area contributed by atoms with Gasteiger partial charge >= 0.3 is 0 Å². The van der Waals surface area contributed by atoms with E-state index in [1.54, 1.807) is 0 Å². The summed E-state index contributed by atoms with van der Waals surface area (Å²) in [6.45, 7) is 8.39. The summed E-state index contributed by atoms with van der Waals surface area (Å²) in [6.07, 6.45) is 0. The lowest BCUT2D eigenvalue weighted by molar-refractivity contribution is 0.470. The van der Waals surface area contributed by atoms with Gasteiger partial charge in [-0.2, -0.15) is 0 Å². The Morgan fingerprint density at radius 3 is 2.35 bits per heavy atom. The summed E-state index contributed by atoms with van der Waals surface area (Å²) in [4.78, 5) is 0. The van der Waals surface area contributed by atoms with Gasteiger partial charge in [-0.3, -0.25) is 0 Å². The third-order valence-corrected chi connectivity index (χ3v) is 3.91. The van der Waals surface area contributed by atoms with Crippen LogP contribution in [0.4, 0.5) is 5.82 Å². The molecule has 1 saturated heterocycles. The van der Waals surface area contributed by atoms with Crippen molar-refractivity contribution in [3.63, 3.8) is 0 Å². The predicted octanol–water partition coefficient (Wildman–Crippen LogP) is 2.45. The van der Waals surface area contributed by atoms with Crippen molar-refractivity contribution in [1.82, 2.24) is 15.5 Å². The minimum Gasteiger partial charge on any atom is -0.363 e. The number of nitrogens with zero attached hydrogens (tertiary/aromatic N) is 2. The van der Waals surface area contributed by atoms with Crippen LogP contribution in [0.3, 0.4) is 0 Å². The molecule has 1 aromatic heterocycles. The fourth-order valence-corrected chi connectivity index (χ4v) is 2.39. The van der Waals surface area contributed by atoms with Crippen molar-refractivity contribution in [3.05, 3.63) is 41.0 Å². The van der Waals surface area contributed by atoms with E-state index in [9.17, 15) is 0 Å². The molecule has 4 nitrogen and oxygen atoms in total. The molecule has 20 heavy (non-hydrogen) atoms. The van der Waals surface area contributed by atoms with Crippen LogP contribution in [0.1, 0.15) is 16.7 Å². The van der Waals surface area contributed by atoms with Crippen LogP contribution in [-0.4, -0.2) is 29.3 Å². The van der Waals surface area contributed by atoms with Crippen LogP contribution in [0.15, 0.2) is 24.3 Å². The first-order valence-electron chi connectivity index (χ1n) is 7.02. The van der Waals surface area contributed by atoms with E-state index >= 15 is 0 Å². The fourth-order valence-electron chi connectivity index (χ4n) is 2.39. The Labute approximate surface area is 119 Å². The Bertz CT molecular complexity index is 615. The summed E-state index contributed by atoms with van der Waals surface area (Å²) in [5.41, 5.74) is 5.94. The molecule has 0 radical (unpaired) electrons. The molecule has 4 heteroatoms. The molecule has 0 bridgehead atoms. The minimum atomic E-state index is 0.485. The first-order valence-corrected chi connectivity index (χ1v) is 7.02. The third-order valence-electron chi connectivity index (χ3n) is 3.91. The summed E-state index contributed by atoms with van der Waals surface area (Å²) in [6, 6.07) is 8.93. The maximum Gasteiger partial charge on any atom is 0.148 e. The van der Waals surface area contributed by atoms with Crippen LogP contribution in [-0.2, 0) is 0 Å². The van der Waals surface area contributed by atoms with Gasteiger partial charge in [-0.25, -0.2) is 0 Å². The normalized spacial score (nSPS) is 14.9. The molecule has 0 unspecified atom stereocenters. The van der Waals surface area contributed by atoms with Crippen molar-refractivity contribution in [1.29, 1.82) is 0 Å². The molecule has 104 valence electrons. The van der Waals surface area contributed by atoms with Gasteiger partial charge in [0, 0.05) is 18.7 Å². The van der Waals surface area contributed by atoms with Crippen molar-refractivity contribution in [2.24, 2.45) is 0 Å². The van der Waals surface area contributed by atoms with Crippen LogP contribution in [0.2, 0.25) is 0 Å². The average Bonchev–Trinajstić information content (AvgIpc) is 2.39. The fraction of sp³-hybridized carbons (Fsp3) is 0.375. The van der Waals surface area contributed by atoms with E-state index < -0.39 is 0 Å². The summed E-state index contributed by atoms with van der Waals surface area (Å²) >= 11 is 0. The quantitative estimate of drug-likeness (QED) is 0.898. The Morgan fingerprint density at radius 2 is 1.75 bits per heavy atom. The molecule has 2 heterocycles. The Morgan fingerprint density at radius 1 is 1.00 bits per heavy atom. The predicted molar refractivity (Wildman–Crippen MR) is 82.0 cm³/mol. The monoisotopic (exact) mass is 268 g/mol. The highest BCUT2D eigenvalue weighted by atomic mass is 15.2. The van der Waals surface area contributed by atoms with Crippen molar-refractivity contribution < 1.29 is 0 Å². The van der Waals surface area contributed by atoms with E-state index in [0.29, 0.717) is 6.04 Å². The van der Waals surface area contributed by atoms with Crippen molar-refractivity contribution in [2.45, 2.75) is 26.8 Å². The number of nitrogens with one attached hydrogen (secondary N) is 2. The highest BCUT2D eigenvalue weighted by Gasteiger charge is 2.16. The van der Waals surface area contributed by atoms with Crippen molar-refractivity contribution >= 4 is 5.82 Å². The zero-order valence-corrected chi connectivity index (χ0v) is 12.2. The second-order valence-electron chi connectivity index (χ2n) is 5.55. The van der Waals surface area contributed by atoms with Crippen LogP contribution < -0.4 is 10.6 Å². The minimum absolute atomic E-state index is 0.485. The van der Waals surface area contributed by atoms with Gasteiger partial charge in [-0.15, -0.1) is 10.2 Å². The lowest BCUT2D eigenvalue weighted by Gasteiger charge is -2.28. The second-order valence-corrected chi connectivity index (χ2v) is 5.55. The molecule has 0 aliphatic carbocycles. The molecule has 0 spiro atoms. The van der Waals surface area contributed by atoms with Crippen LogP contribution >= 0.6 is 0 Å². The molecule has 2 aromatic rings. The molecule has 1 aliphatic rings. The number of hydrogen-bond acceptors (Lipinski definition) is 4. The number of benzene rings is 1. The molecule has 1 aliphatic heterocycles.